The smallest absolute Gasteiger partial charge is 0.113 e. The molecule has 0 spiro atoms. The second-order valence-electron chi connectivity index (χ2n) is 3.42. The summed E-state index contributed by atoms with van der Waals surface area (Å²) in [6.45, 7) is 2.85. The molecule has 2 unspecified atom stereocenters. The molecule has 0 radical (unpaired) electrons. The molecule has 1 aliphatic rings. The summed E-state index contributed by atoms with van der Waals surface area (Å²) in [7, 11) is 1.70. The van der Waals surface area contributed by atoms with Crippen LogP contribution in [-0.4, -0.2) is 25.9 Å². The minimum absolute atomic E-state index is 0.0229. The zero-order chi connectivity index (χ0) is 10.4. The lowest BCUT2D eigenvalue weighted by atomic mass is 10.0. The van der Waals surface area contributed by atoms with Crippen molar-refractivity contribution in [3.8, 4) is 0 Å². The average Bonchev–Trinajstić information content (AvgIpc) is 2.27. The van der Waals surface area contributed by atoms with Gasteiger partial charge >= 0.3 is 0 Å². The van der Waals surface area contributed by atoms with Crippen LogP contribution in [0.2, 0.25) is 0 Å². The highest BCUT2D eigenvalue weighted by Gasteiger charge is 2.24. The average molecular weight is 200 g/mol. The number of allylic oxidation sites excluding steroid dienone is 1. The molecule has 1 heterocycles. The molecule has 14 heavy (non-hydrogen) atoms. The van der Waals surface area contributed by atoms with Crippen LogP contribution in [0.4, 0.5) is 0 Å². The van der Waals surface area contributed by atoms with Gasteiger partial charge in [0, 0.05) is 7.11 Å². The molecule has 0 bridgehead atoms. The molecule has 4 heteroatoms. The summed E-state index contributed by atoms with van der Waals surface area (Å²) in [4.78, 5) is 0. The highest BCUT2D eigenvalue weighted by Crippen LogP contribution is 2.18. The van der Waals surface area contributed by atoms with E-state index in [1.807, 2.05) is 0 Å². The van der Waals surface area contributed by atoms with Gasteiger partial charge in [-0.2, -0.15) is 0 Å². The number of hydrazine groups is 1. The second-order valence-corrected chi connectivity index (χ2v) is 3.42. The normalized spacial score (nSPS) is 20.9. The van der Waals surface area contributed by atoms with Crippen LogP contribution in [0.15, 0.2) is 11.8 Å². The standard InChI is InChI=1S/C10H20N2O2/c1-3-8(13-2)10(12-11)9-6-4-5-7-14-9/h6,8,10,12H,3-5,7,11H2,1-2H3. The topological polar surface area (TPSA) is 56.5 Å². The van der Waals surface area contributed by atoms with Gasteiger partial charge in [0.2, 0.25) is 0 Å². The largest absolute Gasteiger partial charge is 0.496 e. The number of hydrogen-bond donors (Lipinski definition) is 2. The molecule has 0 aliphatic carbocycles. The lowest BCUT2D eigenvalue weighted by Gasteiger charge is -2.28. The van der Waals surface area contributed by atoms with E-state index in [-0.39, 0.29) is 12.1 Å². The van der Waals surface area contributed by atoms with E-state index in [1.165, 1.54) is 0 Å². The van der Waals surface area contributed by atoms with Crippen LogP contribution in [0.1, 0.15) is 26.2 Å². The van der Waals surface area contributed by atoms with Crippen LogP contribution in [0.3, 0.4) is 0 Å². The van der Waals surface area contributed by atoms with E-state index in [0.717, 1.165) is 31.6 Å². The van der Waals surface area contributed by atoms with E-state index in [9.17, 15) is 0 Å². The van der Waals surface area contributed by atoms with Gasteiger partial charge in [0.15, 0.2) is 0 Å². The van der Waals surface area contributed by atoms with Crippen molar-refractivity contribution in [2.24, 2.45) is 5.84 Å². The maximum Gasteiger partial charge on any atom is 0.113 e. The molecule has 0 aromatic carbocycles. The van der Waals surface area contributed by atoms with Crippen molar-refractivity contribution in [2.75, 3.05) is 13.7 Å². The van der Waals surface area contributed by atoms with E-state index in [2.05, 4.69) is 18.4 Å². The van der Waals surface area contributed by atoms with Gasteiger partial charge in [0.25, 0.3) is 0 Å². The van der Waals surface area contributed by atoms with E-state index in [0.29, 0.717) is 0 Å². The SMILES string of the molecule is CCC(OC)C(NN)C1=CCCCO1. The summed E-state index contributed by atoms with van der Waals surface area (Å²) in [6, 6.07) is -0.0229. The first-order valence-electron chi connectivity index (χ1n) is 5.15. The Bertz CT molecular complexity index is 191. The van der Waals surface area contributed by atoms with Crippen LogP contribution in [0.25, 0.3) is 0 Å². The van der Waals surface area contributed by atoms with Gasteiger partial charge in [-0.05, 0) is 25.3 Å². The Hall–Kier alpha value is -0.580. The molecule has 0 aromatic rings. The van der Waals surface area contributed by atoms with Gasteiger partial charge in [-0.25, -0.2) is 5.43 Å². The summed E-state index contributed by atoms with van der Waals surface area (Å²) in [5.74, 6) is 6.43. The molecular weight excluding hydrogens is 180 g/mol. The fraction of sp³-hybridized carbons (Fsp3) is 0.800. The van der Waals surface area contributed by atoms with Crippen LogP contribution in [0, 0.1) is 0 Å². The molecule has 0 saturated heterocycles. The molecule has 0 fully saturated rings. The monoisotopic (exact) mass is 200 g/mol. The first-order valence-corrected chi connectivity index (χ1v) is 5.15. The number of nitrogens with two attached hydrogens (primary N) is 1. The summed E-state index contributed by atoms with van der Waals surface area (Å²) < 4.78 is 10.9. The fourth-order valence-electron chi connectivity index (χ4n) is 1.70. The zero-order valence-electron chi connectivity index (χ0n) is 8.95. The van der Waals surface area contributed by atoms with Gasteiger partial charge in [-0.3, -0.25) is 5.84 Å². The molecule has 0 amide bonds. The minimum Gasteiger partial charge on any atom is -0.496 e. The Morgan fingerprint density at radius 2 is 2.50 bits per heavy atom. The van der Waals surface area contributed by atoms with Crippen molar-refractivity contribution in [3.63, 3.8) is 0 Å². The predicted octanol–water partition coefficient (Wildman–Crippen LogP) is 0.938. The maximum absolute atomic E-state index is 5.55. The molecule has 0 aromatic heterocycles. The van der Waals surface area contributed by atoms with Crippen LogP contribution >= 0.6 is 0 Å². The molecule has 3 N–H and O–H groups in total. The molecular formula is C10H20N2O2. The Morgan fingerprint density at radius 3 is 2.93 bits per heavy atom. The molecule has 1 aliphatic heterocycles. The zero-order valence-corrected chi connectivity index (χ0v) is 8.95. The molecule has 2 atom stereocenters. The van der Waals surface area contributed by atoms with Crippen molar-refractivity contribution in [2.45, 2.75) is 38.3 Å². The van der Waals surface area contributed by atoms with Crippen LogP contribution in [0.5, 0.6) is 0 Å². The third kappa shape index (κ3) is 2.70. The van der Waals surface area contributed by atoms with Gasteiger partial charge in [0.05, 0.1) is 12.7 Å². The van der Waals surface area contributed by atoms with Gasteiger partial charge in [-0.1, -0.05) is 6.92 Å². The number of ether oxygens (including phenoxy) is 2. The third-order valence-corrected chi connectivity index (χ3v) is 2.53. The Balaban J connectivity index is 2.63. The summed E-state index contributed by atoms with van der Waals surface area (Å²) >= 11 is 0. The Kier molecular flexibility index (Phi) is 4.93. The van der Waals surface area contributed by atoms with Crippen molar-refractivity contribution in [3.05, 3.63) is 11.8 Å². The van der Waals surface area contributed by atoms with E-state index < -0.39 is 0 Å². The van der Waals surface area contributed by atoms with E-state index >= 15 is 0 Å². The van der Waals surface area contributed by atoms with Gasteiger partial charge in [-0.15, -0.1) is 0 Å². The lowest BCUT2D eigenvalue weighted by Crippen LogP contribution is -2.46. The molecule has 82 valence electrons. The Morgan fingerprint density at radius 1 is 1.71 bits per heavy atom. The number of hydrogen-bond acceptors (Lipinski definition) is 4. The molecule has 1 rings (SSSR count). The number of rotatable bonds is 5. The van der Waals surface area contributed by atoms with E-state index in [1.54, 1.807) is 7.11 Å². The number of nitrogens with one attached hydrogen (secondary N) is 1. The van der Waals surface area contributed by atoms with Crippen molar-refractivity contribution in [1.82, 2.24) is 5.43 Å². The number of methoxy groups -OCH3 is 1. The van der Waals surface area contributed by atoms with Crippen molar-refractivity contribution in [1.29, 1.82) is 0 Å². The van der Waals surface area contributed by atoms with Crippen molar-refractivity contribution < 1.29 is 9.47 Å². The summed E-state index contributed by atoms with van der Waals surface area (Å²) in [5.41, 5.74) is 2.76. The first kappa shape index (κ1) is 11.5. The Labute approximate surface area is 85.4 Å². The van der Waals surface area contributed by atoms with Crippen LogP contribution < -0.4 is 11.3 Å². The van der Waals surface area contributed by atoms with Crippen molar-refractivity contribution >= 4 is 0 Å². The summed E-state index contributed by atoms with van der Waals surface area (Å²) in [5, 5.41) is 0. The second kappa shape index (κ2) is 6.01. The van der Waals surface area contributed by atoms with Gasteiger partial charge < -0.3 is 9.47 Å². The van der Waals surface area contributed by atoms with Gasteiger partial charge in [0.1, 0.15) is 11.8 Å². The van der Waals surface area contributed by atoms with Crippen LogP contribution in [-0.2, 0) is 9.47 Å². The highest BCUT2D eigenvalue weighted by molar-refractivity contribution is 5.07. The molecule has 0 saturated carbocycles. The first-order chi connectivity index (χ1) is 6.83. The quantitative estimate of drug-likeness (QED) is 0.512. The predicted molar refractivity (Wildman–Crippen MR) is 55.5 cm³/mol. The maximum atomic E-state index is 5.55. The fourth-order valence-corrected chi connectivity index (χ4v) is 1.70. The lowest BCUT2D eigenvalue weighted by molar-refractivity contribution is 0.0477. The highest BCUT2D eigenvalue weighted by atomic mass is 16.5. The molecule has 4 nitrogen and oxygen atoms in total. The van der Waals surface area contributed by atoms with E-state index in [4.69, 9.17) is 15.3 Å². The summed E-state index contributed by atoms with van der Waals surface area (Å²) in [6.07, 6.45) is 5.23. The minimum atomic E-state index is -0.0229. The third-order valence-electron chi connectivity index (χ3n) is 2.53.